The molecule has 0 aromatic rings. The predicted octanol–water partition coefficient (Wildman–Crippen LogP) is 5.16. The Morgan fingerprint density at radius 1 is 1.03 bits per heavy atom. The summed E-state index contributed by atoms with van der Waals surface area (Å²) in [6.07, 6.45) is 4.13. The van der Waals surface area contributed by atoms with Crippen LogP contribution in [0.1, 0.15) is 39.0 Å². The lowest BCUT2D eigenvalue weighted by molar-refractivity contribution is -0.236. The van der Waals surface area contributed by atoms with Gasteiger partial charge in [-0.05, 0) is 95.6 Å². The molecule has 8 heteroatoms. The molecule has 5 rings (SSSR count). The maximum absolute atomic E-state index is 13.9. The second kappa shape index (κ2) is 7.77. The molecule has 1 heterocycles. The van der Waals surface area contributed by atoms with E-state index in [-0.39, 0.29) is 46.6 Å². The van der Waals surface area contributed by atoms with E-state index in [1.54, 1.807) is 0 Å². The van der Waals surface area contributed by atoms with Crippen LogP contribution in [0.3, 0.4) is 0 Å². The second-order valence-electron chi connectivity index (χ2n) is 14.3. The van der Waals surface area contributed by atoms with Crippen LogP contribution in [0.5, 0.6) is 0 Å². The fourth-order valence-electron chi connectivity index (χ4n) is 9.40. The summed E-state index contributed by atoms with van der Waals surface area (Å²) in [6, 6.07) is 0. The average Bonchev–Trinajstić information content (AvgIpc) is 3.13. The van der Waals surface area contributed by atoms with Crippen LogP contribution in [0.4, 0.5) is 0 Å². The molecule has 4 unspecified atom stereocenters. The molecule has 196 valence electrons. The number of hydrogen-bond donors (Lipinski definition) is 0. The molecule has 0 aromatic heterocycles. The van der Waals surface area contributed by atoms with Crippen LogP contribution in [0.15, 0.2) is 12.2 Å². The maximum Gasteiger partial charge on any atom is 0.314 e. The number of hydrogen-bond acceptors (Lipinski definition) is 6. The molecule has 1 spiro atoms. The van der Waals surface area contributed by atoms with E-state index >= 15 is 0 Å². The molecule has 1 saturated heterocycles. The molecule has 0 amide bonds. The zero-order valence-electron chi connectivity index (χ0n) is 22.9. The lowest BCUT2D eigenvalue weighted by Crippen LogP contribution is -2.70. The number of esters is 2. The molecule has 4 saturated carbocycles. The van der Waals surface area contributed by atoms with Gasteiger partial charge in [-0.25, -0.2) is 0 Å². The van der Waals surface area contributed by atoms with Gasteiger partial charge in [-0.3, -0.25) is 9.59 Å². The van der Waals surface area contributed by atoms with Crippen molar-refractivity contribution >= 4 is 28.6 Å². The van der Waals surface area contributed by atoms with Crippen molar-refractivity contribution in [1.82, 2.24) is 0 Å². The molecule has 6 nitrogen and oxygen atoms in total. The van der Waals surface area contributed by atoms with E-state index < -0.39 is 28.2 Å². The number of carbonyl (C=O) groups is 2. The monoisotopic (exact) mass is 520 g/mol. The molecular formula is C27H44O6Si2. The minimum atomic E-state index is -2.07. The van der Waals surface area contributed by atoms with Gasteiger partial charge >= 0.3 is 11.9 Å². The Morgan fingerprint density at radius 3 is 2.29 bits per heavy atom. The molecule has 1 aliphatic heterocycles. The summed E-state index contributed by atoms with van der Waals surface area (Å²) in [5.74, 6) is -0.189. The summed E-state index contributed by atoms with van der Waals surface area (Å²) < 4.78 is 25.4. The minimum absolute atomic E-state index is 0.172. The Balaban J connectivity index is 1.73. The normalized spacial score (nSPS) is 46.6. The van der Waals surface area contributed by atoms with E-state index in [0.29, 0.717) is 12.5 Å². The molecule has 5 fully saturated rings. The summed E-state index contributed by atoms with van der Waals surface area (Å²) in [5, 5.41) is 0. The predicted molar refractivity (Wildman–Crippen MR) is 139 cm³/mol. The van der Waals surface area contributed by atoms with Gasteiger partial charge in [0.15, 0.2) is 16.6 Å². The average molecular weight is 521 g/mol. The number of rotatable bonds is 5. The summed E-state index contributed by atoms with van der Waals surface area (Å²) in [7, 11) is -2.53. The standard InChI is InChI=1S/C27H44O6Si2/c1-16-12-26-13-17(16)10-11-19(26)27-14-18(32-34(4,5)6)22(33-35(7,8)9)25(2,24(29)31-15-27)21(27)20(26)23(28)30-3/h17-22H,1,10-15H2,2-9H3/t17-,18+,19?,20?,21?,22+,25?,26+,27-/m1/s1. The van der Waals surface area contributed by atoms with E-state index in [1.807, 2.05) is 6.92 Å². The highest BCUT2D eigenvalue weighted by Gasteiger charge is 2.81. The molecule has 0 radical (unpaired) electrons. The number of cyclic esters (lactones) is 1. The second-order valence-corrected chi connectivity index (χ2v) is 23.2. The zero-order chi connectivity index (χ0) is 25.8. The van der Waals surface area contributed by atoms with Crippen molar-refractivity contribution in [1.29, 1.82) is 0 Å². The Labute approximate surface area is 212 Å². The van der Waals surface area contributed by atoms with E-state index in [2.05, 4.69) is 45.9 Å². The van der Waals surface area contributed by atoms with Crippen molar-refractivity contribution in [2.75, 3.05) is 13.7 Å². The van der Waals surface area contributed by atoms with E-state index in [9.17, 15) is 9.59 Å². The number of methoxy groups -OCH3 is 1. The third kappa shape index (κ3) is 3.52. The molecule has 0 aromatic carbocycles. The van der Waals surface area contributed by atoms with Crippen LogP contribution in [-0.2, 0) is 27.9 Å². The first-order valence-electron chi connectivity index (χ1n) is 13.4. The third-order valence-corrected chi connectivity index (χ3v) is 12.0. The molecule has 9 atom stereocenters. The maximum atomic E-state index is 13.9. The molecular weight excluding hydrogens is 476 g/mol. The van der Waals surface area contributed by atoms with Crippen LogP contribution in [0.25, 0.3) is 0 Å². The highest BCUT2D eigenvalue weighted by Crippen LogP contribution is 2.79. The highest BCUT2D eigenvalue weighted by atomic mass is 28.4. The zero-order valence-corrected chi connectivity index (χ0v) is 24.9. The third-order valence-electron chi connectivity index (χ3n) is 10.0. The Hall–Kier alpha value is -0.966. The topological polar surface area (TPSA) is 71.1 Å². The Morgan fingerprint density at radius 2 is 1.69 bits per heavy atom. The van der Waals surface area contributed by atoms with Crippen molar-refractivity contribution in [2.45, 2.75) is 90.5 Å². The van der Waals surface area contributed by atoms with Crippen LogP contribution in [0, 0.1) is 39.9 Å². The summed E-state index contributed by atoms with van der Waals surface area (Å²) in [4.78, 5) is 27.6. The van der Waals surface area contributed by atoms with Gasteiger partial charge in [0.05, 0.1) is 37.3 Å². The lowest BCUT2D eigenvalue weighted by atomic mass is 9.49. The van der Waals surface area contributed by atoms with Gasteiger partial charge in [0.2, 0.25) is 0 Å². The van der Waals surface area contributed by atoms with Crippen LogP contribution in [0.2, 0.25) is 39.3 Å². The van der Waals surface area contributed by atoms with E-state index in [4.69, 9.17) is 18.3 Å². The van der Waals surface area contributed by atoms with Crippen molar-refractivity contribution in [3.63, 3.8) is 0 Å². The van der Waals surface area contributed by atoms with E-state index in [1.165, 1.54) is 12.7 Å². The number of fused-ring (bicyclic) bond motifs is 1. The van der Waals surface area contributed by atoms with Gasteiger partial charge in [0.1, 0.15) is 0 Å². The van der Waals surface area contributed by atoms with Gasteiger partial charge in [-0.2, -0.15) is 0 Å². The van der Waals surface area contributed by atoms with Crippen molar-refractivity contribution < 1.29 is 27.9 Å². The van der Waals surface area contributed by atoms with Crippen LogP contribution >= 0.6 is 0 Å². The fourth-order valence-corrected chi connectivity index (χ4v) is 11.7. The van der Waals surface area contributed by atoms with Crippen molar-refractivity contribution in [2.24, 2.45) is 39.9 Å². The minimum Gasteiger partial charge on any atom is -0.469 e. The highest BCUT2D eigenvalue weighted by molar-refractivity contribution is 6.70. The van der Waals surface area contributed by atoms with Gasteiger partial charge in [-0.1, -0.05) is 12.2 Å². The first-order valence-corrected chi connectivity index (χ1v) is 20.2. The molecule has 4 aliphatic carbocycles. The first-order chi connectivity index (χ1) is 16.1. The first kappa shape index (κ1) is 25.7. The SMILES string of the molecule is C=C1C[C@]23C[C@H]1CCC2[C@@]12COC(=O)C(C)(C1C3C(=O)OC)[C@@H](O[Si](C)(C)C)[C@@H](O[Si](C)(C)C)C2. The van der Waals surface area contributed by atoms with Gasteiger partial charge < -0.3 is 18.3 Å². The van der Waals surface area contributed by atoms with Gasteiger partial charge in [-0.15, -0.1) is 0 Å². The largest absolute Gasteiger partial charge is 0.469 e. The molecule has 35 heavy (non-hydrogen) atoms. The number of carbonyl (C=O) groups excluding carboxylic acids is 2. The van der Waals surface area contributed by atoms with Crippen molar-refractivity contribution in [3.05, 3.63) is 12.2 Å². The summed E-state index contributed by atoms with van der Waals surface area (Å²) >= 11 is 0. The summed E-state index contributed by atoms with van der Waals surface area (Å²) in [5.41, 5.74) is -0.218. The van der Waals surface area contributed by atoms with E-state index in [0.717, 1.165) is 32.1 Å². The molecule has 0 N–H and O–H groups in total. The van der Waals surface area contributed by atoms with Gasteiger partial charge in [0.25, 0.3) is 0 Å². The number of allylic oxidation sites excluding steroid dienone is 1. The smallest absolute Gasteiger partial charge is 0.314 e. The Kier molecular flexibility index (Phi) is 5.70. The number of ether oxygens (including phenoxy) is 2. The van der Waals surface area contributed by atoms with Crippen molar-refractivity contribution in [3.8, 4) is 0 Å². The molecule has 5 aliphatic rings. The Bertz CT molecular complexity index is 952. The van der Waals surface area contributed by atoms with Crippen LogP contribution in [-0.4, -0.2) is 54.5 Å². The fraction of sp³-hybridized carbons (Fsp3) is 0.852. The lowest BCUT2D eigenvalue weighted by Gasteiger charge is -2.61. The molecule has 4 bridgehead atoms. The van der Waals surface area contributed by atoms with Crippen LogP contribution < -0.4 is 0 Å². The van der Waals surface area contributed by atoms with Gasteiger partial charge in [0, 0.05) is 11.3 Å². The quantitative estimate of drug-likeness (QED) is 0.283. The summed E-state index contributed by atoms with van der Waals surface area (Å²) in [6.45, 7) is 19.9.